The smallest absolute Gasteiger partial charge is 0.201 e. The van der Waals surface area contributed by atoms with Gasteiger partial charge in [-0.1, -0.05) is 6.08 Å². The van der Waals surface area contributed by atoms with Crippen LogP contribution in [0.25, 0.3) is 6.08 Å². The maximum absolute atomic E-state index is 10.2. The zero-order valence-corrected chi connectivity index (χ0v) is 11.9. The molecule has 0 aromatic heterocycles. The monoisotopic (exact) mass is 287 g/mol. The van der Waals surface area contributed by atoms with Gasteiger partial charge in [0.2, 0.25) is 5.75 Å². The van der Waals surface area contributed by atoms with Crippen molar-refractivity contribution in [1.82, 2.24) is 0 Å². The highest BCUT2D eigenvalue weighted by Crippen LogP contribution is 2.46. The van der Waals surface area contributed by atoms with Crippen LogP contribution in [0.2, 0.25) is 0 Å². The van der Waals surface area contributed by atoms with Crippen molar-refractivity contribution in [3.63, 3.8) is 0 Å². The SMILES string of the molecule is CCOc1cc2c(c(O)c1O)C=C1C=C(OC)C=CC1N2. The van der Waals surface area contributed by atoms with Crippen LogP contribution in [0.15, 0.2) is 35.6 Å². The van der Waals surface area contributed by atoms with Crippen LogP contribution in [0.5, 0.6) is 17.2 Å². The van der Waals surface area contributed by atoms with E-state index in [1.807, 2.05) is 31.2 Å². The van der Waals surface area contributed by atoms with E-state index >= 15 is 0 Å². The predicted octanol–water partition coefficient (Wildman–Crippen LogP) is 2.77. The summed E-state index contributed by atoms with van der Waals surface area (Å²) in [6.45, 7) is 2.23. The molecule has 0 spiro atoms. The molecule has 21 heavy (non-hydrogen) atoms. The fourth-order valence-corrected chi connectivity index (χ4v) is 2.51. The number of nitrogens with one attached hydrogen (secondary N) is 1. The zero-order chi connectivity index (χ0) is 15.0. The third-order valence-corrected chi connectivity index (χ3v) is 3.56. The van der Waals surface area contributed by atoms with Crippen LogP contribution in [0.4, 0.5) is 5.69 Å². The molecule has 110 valence electrons. The average Bonchev–Trinajstić information content (AvgIpc) is 2.50. The van der Waals surface area contributed by atoms with Gasteiger partial charge in [0.15, 0.2) is 11.5 Å². The number of ether oxygens (including phenoxy) is 2. The number of aromatic hydroxyl groups is 2. The van der Waals surface area contributed by atoms with E-state index in [1.165, 1.54) is 0 Å². The minimum atomic E-state index is -0.241. The summed E-state index contributed by atoms with van der Waals surface area (Å²) in [7, 11) is 1.61. The minimum Gasteiger partial charge on any atom is -0.504 e. The first-order valence-electron chi connectivity index (χ1n) is 6.77. The summed E-state index contributed by atoms with van der Waals surface area (Å²) >= 11 is 0. The predicted molar refractivity (Wildman–Crippen MR) is 80.6 cm³/mol. The van der Waals surface area contributed by atoms with Crippen molar-refractivity contribution in [3.8, 4) is 17.2 Å². The normalized spacial score (nSPS) is 18.9. The molecule has 0 saturated carbocycles. The van der Waals surface area contributed by atoms with Crippen LogP contribution in [-0.4, -0.2) is 30.0 Å². The van der Waals surface area contributed by atoms with Crippen molar-refractivity contribution in [3.05, 3.63) is 41.2 Å². The molecule has 0 fully saturated rings. The molecule has 5 nitrogen and oxygen atoms in total. The molecule has 0 amide bonds. The fraction of sp³-hybridized carbons (Fsp3) is 0.250. The molecular formula is C16H17NO4. The first kappa shape index (κ1) is 13.4. The van der Waals surface area contributed by atoms with Gasteiger partial charge in [-0.05, 0) is 30.7 Å². The summed E-state index contributed by atoms with van der Waals surface area (Å²) in [6.07, 6.45) is 7.61. The van der Waals surface area contributed by atoms with E-state index in [9.17, 15) is 10.2 Å². The zero-order valence-electron chi connectivity index (χ0n) is 11.9. The Morgan fingerprint density at radius 1 is 1.24 bits per heavy atom. The molecule has 1 aliphatic heterocycles. The Bertz CT molecular complexity index is 673. The van der Waals surface area contributed by atoms with Crippen molar-refractivity contribution >= 4 is 11.8 Å². The van der Waals surface area contributed by atoms with Crippen LogP contribution in [-0.2, 0) is 4.74 Å². The number of allylic oxidation sites excluding steroid dienone is 1. The molecule has 3 rings (SSSR count). The van der Waals surface area contributed by atoms with Gasteiger partial charge in [0, 0.05) is 17.3 Å². The van der Waals surface area contributed by atoms with Crippen molar-refractivity contribution in [1.29, 1.82) is 0 Å². The molecule has 1 aromatic carbocycles. The summed E-state index contributed by atoms with van der Waals surface area (Å²) < 4.78 is 10.5. The Labute approximate surface area is 122 Å². The first-order valence-corrected chi connectivity index (χ1v) is 6.77. The van der Waals surface area contributed by atoms with Gasteiger partial charge >= 0.3 is 0 Å². The number of benzene rings is 1. The second kappa shape index (κ2) is 5.09. The molecule has 3 N–H and O–H groups in total. The Hall–Kier alpha value is -2.56. The lowest BCUT2D eigenvalue weighted by Crippen LogP contribution is -2.24. The average molecular weight is 287 g/mol. The lowest BCUT2D eigenvalue weighted by Gasteiger charge is -2.28. The van der Waals surface area contributed by atoms with E-state index in [4.69, 9.17) is 9.47 Å². The summed E-state index contributed by atoms with van der Waals surface area (Å²) in [5, 5.41) is 23.5. The third kappa shape index (κ3) is 2.20. The summed E-state index contributed by atoms with van der Waals surface area (Å²) in [5.74, 6) is 0.592. The quantitative estimate of drug-likeness (QED) is 0.589. The molecule has 0 radical (unpaired) electrons. The van der Waals surface area contributed by atoms with Crippen LogP contribution in [0, 0.1) is 0 Å². The number of methoxy groups -OCH3 is 1. The van der Waals surface area contributed by atoms with Crippen LogP contribution in [0.1, 0.15) is 12.5 Å². The molecule has 1 heterocycles. The van der Waals surface area contributed by atoms with Gasteiger partial charge in [-0.15, -0.1) is 0 Å². The molecule has 1 unspecified atom stereocenters. The summed E-state index contributed by atoms with van der Waals surface area (Å²) in [6, 6.07) is 1.71. The highest BCUT2D eigenvalue weighted by Gasteiger charge is 2.25. The molecule has 1 aromatic rings. The Balaban J connectivity index is 2.09. The number of phenols is 2. The maximum atomic E-state index is 10.2. The fourth-order valence-electron chi connectivity index (χ4n) is 2.51. The van der Waals surface area contributed by atoms with E-state index in [0.717, 1.165) is 17.0 Å². The van der Waals surface area contributed by atoms with E-state index in [-0.39, 0.29) is 23.3 Å². The van der Waals surface area contributed by atoms with Crippen LogP contribution < -0.4 is 10.1 Å². The largest absolute Gasteiger partial charge is 0.504 e. The van der Waals surface area contributed by atoms with Crippen molar-refractivity contribution in [2.45, 2.75) is 13.0 Å². The number of phenolic OH excluding ortho intramolecular Hbond substituents is 2. The lowest BCUT2D eigenvalue weighted by atomic mass is 9.93. The highest BCUT2D eigenvalue weighted by atomic mass is 16.5. The Morgan fingerprint density at radius 2 is 2.05 bits per heavy atom. The second-order valence-electron chi connectivity index (χ2n) is 4.84. The van der Waals surface area contributed by atoms with Crippen LogP contribution >= 0.6 is 0 Å². The standard InChI is InChI=1S/C16H17NO4/c1-3-21-14-8-13-11(15(18)16(14)19)7-9-6-10(20-2)4-5-12(9)17-13/h4-8,12,17-19H,3H2,1-2H3. The number of rotatable bonds is 3. The molecule has 0 bridgehead atoms. The molecule has 5 heteroatoms. The highest BCUT2D eigenvalue weighted by molar-refractivity contribution is 5.84. The molecule has 0 saturated heterocycles. The number of hydrogen-bond donors (Lipinski definition) is 3. The van der Waals surface area contributed by atoms with Crippen LogP contribution in [0.3, 0.4) is 0 Å². The number of hydrogen-bond acceptors (Lipinski definition) is 5. The second-order valence-corrected chi connectivity index (χ2v) is 4.84. The van der Waals surface area contributed by atoms with E-state index < -0.39 is 0 Å². The molecule has 1 atom stereocenters. The lowest BCUT2D eigenvalue weighted by molar-refractivity contribution is 0.305. The number of fused-ring (bicyclic) bond motifs is 2. The van der Waals surface area contributed by atoms with Gasteiger partial charge < -0.3 is 25.0 Å². The van der Waals surface area contributed by atoms with E-state index in [1.54, 1.807) is 13.2 Å². The van der Waals surface area contributed by atoms with Gasteiger partial charge in [0.1, 0.15) is 5.76 Å². The minimum absolute atomic E-state index is 0.00909. The van der Waals surface area contributed by atoms with Gasteiger partial charge in [-0.3, -0.25) is 0 Å². The van der Waals surface area contributed by atoms with Gasteiger partial charge in [-0.25, -0.2) is 0 Å². The maximum Gasteiger partial charge on any atom is 0.201 e. The van der Waals surface area contributed by atoms with Gasteiger partial charge in [-0.2, -0.15) is 0 Å². The van der Waals surface area contributed by atoms with Crippen molar-refractivity contribution in [2.75, 3.05) is 19.0 Å². The first-order chi connectivity index (χ1) is 10.1. The van der Waals surface area contributed by atoms with Gasteiger partial charge in [0.05, 0.1) is 19.8 Å². The van der Waals surface area contributed by atoms with E-state index in [0.29, 0.717) is 12.2 Å². The molecule has 1 aliphatic carbocycles. The van der Waals surface area contributed by atoms with Crippen molar-refractivity contribution < 1.29 is 19.7 Å². The summed E-state index contributed by atoms with van der Waals surface area (Å²) in [4.78, 5) is 0. The Morgan fingerprint density at radius 3 is 2.76 bits per heavy atom. The van der Waals surface area contributed by atoms with E-state index in [2.05, 4.69) is 5.32 Å². The third-order valence-electron chi connectivity index (χ3n) is 3.56. The van der Waals surface area contributed by atoms with Gasteiger partial charge in [0.25, 0.3) is 0 Å². The molecule has 2 aliphatic rings. The van der Waals surface area contributed by atoms with Crippen molar-refractivity contribution in [2.24, 2.45) is 0 Å². The topological polar surface area (TPSA) is 71.0 Å². The number of anilines is 1. The molecular weight excluding hydrogens is 270 g/mol. The Kier molecular flexibility index (Phi) is 3.25. The summed E-state index contributed by atoms with van der Waals surface area (Å²) in [5.41, 5.74) is 2.23.